The predicted molar refractivity (Wildman–Crippen MR) is 102 cm³/mol. The number of anilines is 1. The lowest BCUT2D eigenvalue weighted by atomic mass is 9.87. The molecule has 1 aromatic rings. The number of hydrogen-bond acceptors (Lipinski definition) is 2. The van der Waals surface area contributed by atoms with E-state index in [0.717, 1.165) is 37.1 Å². The van der Waals surface area contributed by atoms with Gasteiger partial charge in [-0.05, 0) is 36.3 Å². The van der Waals surface area contributed by atoms with Crippen LogP contribution >= 0.6 is 0 Å². The van der Waals surface area contributed by atoms with E-state index in [0.29, 0.717) is 0 Å². The van der Waals surface area contributed by atoms with E-state index in [-0.39, 0.29) is 29.8 Å². The van der Waals surface area contributed by atoms with Gasteiger partial charge in [-0.25, -0.2) is 4.79 Å². The number of rotatable bonds is 4. The molecule has 5 heteroatoms. The summed E-state index contributed by atoms with van der Waals surface area (Å²) in [6.45, 7) is 7.43. The van der Waals surface area contributed by atoms with Crippen LogP contribution < -0.4 is 5.32 Å². The largest absolute Gasteiger partial charge is 0.349 e. The number of hydrogen-bond donors (Lipinski definition) is 1. The molecular formula is C20H31N3O2. The lowest BCUT2D eigenvalue weighted by molar-refractivity contribution is -0.127. The third kappa shape index (κ3) is 5.48. The van der Waals surface area contributed by atoms with Crippen molar-refractivity contribution in [2.45, 2.75) is 52.5 Å². The Morgan fingerprint density at radius 3 is 2.56 bits per heavy atom. The Bertz CT molecular complexity index is 620. The SMILES string of the molecule is CN(C)C(=O)Cc1ccccc1NC(=O)N1CCC[C@@H]1CC(C)(C)C. The molecule has 0 saturated carbocycles. The maximum atomic E-state index is 12.8. The number of urea groups is 1. The first-order chi connectivity index (χ1) is 11.7. The summed E-state index contributed by atoms with van der Waals surface area (Å²) in [5.74, 6) is 0.0217. The van der Waals surface area contributed by atoms with Gasteiger partial charge in [0, 0.05) is 32.4 Å². The molecule has 25 heavy (non-hydrogen) atoms. The summed E-state index contributed by atoms with van der Waals surface area (Å²) in [6.07, 6.45) is 3.40. The summed E-state index contributed by atoms with van der Waals surface area (Å²) < 4.78 is 0. The molecule has 0 bridgehead atoms. The second-order valence-electron chi connectivity index (χ2n) is 8.31. The second-order valence-corrected chi connectivity index (χ2v) is 8.31. The van der Waals surface area contributed by atoms with E-state index < -0.39 is 0 Å². The molecule has 0 unspecified atom stereocenters. The van der Waals surface area contributed by atoms with Gasteiger partial charge in [0.15, 0.2) is 0 Å². The van der Waals surface area contributed by atoms with E-state index in [1.54, 1.807) is 19.0 Å². The lowest BCUT2D eigenvalue weighted by Crippen LogP contribution is -2.40. The van der Waals surface area contributed by atoms with E-state index >= 15 is 0 Å². The molecule has 0 radical (unpaired) electrons. The molecule has 0 aliphatic carbocycles. The van der Waals surface area contributed by atoms with Gasteiger partial charge >= 0.3 is 6.03 Å². The van der Waals surface area contributed by atoms with Crippen molar-refractivity contribution >= 4 is 17.6 Å². The van der Waals surface area contributed by atoms with Crippen molar-refractivity contribution in [3.8, 4) is 0 Å². The van der Waals surface area contributed by atoms with Crippen LogP contribution in [0.2, 0.25) is 0 Å². The summed E-state index contributed by atoms with van der Waals surface area (Å²) in [7, 11) is 3.48. The summed E-state index contributed by atoms with van der Waals surface area (Å²) in [4.78, 5) is 28.3. The minimum atomic E-state index is -0.0588. The molecule has 1 aromatic carbocycles. The molecule has 1 aliphatic rings. The molecule has 1 N–H and O–H groups in total. The fourth-order valence-electron chi connectivity index (χ4n) is 3.33. The first-order valence-electron chi connectivity index (χ1n) is 9.03. The van der Waals surface area contributed by atoms with E-state index in [4.69, 9.17) is 0 Å². The smallest absolute Gasteiger partial charge is 0.322 e. The molecule has 3 amide bonds. The lowest BCUT2D eigenvalue weighted by Gasteiger charge is -2.30. The van der Waals surface area contributed by atoms with Crippen molar-refractivity contribution in [2.75, 3.05) is 26.0 Å². The van der Waals surface area contributed by atoms with Crippen molar-refractivity contribution < 1.29 is 9.59 Å². The number of carbonyl (C=O) groups is 2. The van der Waals surface area contributed by atoms with Crippen molar-refractivity contribution in [3.63, 3.8) is 0 Å². The van der Waals surface area contributed by atoms with Crippen molar-refractivity contribution in [2.24, 2.45) is 5.41 Å². The highest BCUT2D eigenvalue weighted by Gasteiger charge is 2.32. The third-order valence-corrected chi connectivity index (χ3v) is 4.59. The highest BCUT2D eigenvalue weighted by atomic mass is 16.2. The molecule has 1 atom stereocenters. The van der Waals surface area contributed by atoms with E-state index in [2.05, 4.69) is 26.1 Å². The fourth-order valence-corrected chi connectivity index (χ4v) is 3.33. The monoisotopic (exact) mass is 345 g/mol. The number of para-hydroxylation sites is 1. The summed E-state index contributed by atoms with van der Waals surface area (Å²) in [6, 6.07) is 7.77. The van der Waals surface area contributed by atoms with Gasteiger partial charge in [0.1, 0.15) is 0 Å². The van der Waals surface area contributed by atoms with Gasteiger partial charge in [0.2, 0.25) is 5.91 Å². The van der Waals surface area contributed by atoms with Crippen LogP contribution in [0.15, 0.2) is 24.3 Å². The molecule has 1 saturated heterocycles. The number of likely N-dealkylation sites (tertiary alicyclic amines) is 1. The second kappa shape index (κ2) is 7.89. The number of benzene rings is 1. The fraction of sp³-hybridized carbons (Fsp3) is 0.600. The molecule has 1 aliphatic heterocycles. The standard InChI is InChI=1S/C20H31N3O2/c1-20(2,3)14-16-10-8-12-23(16)19(25)21-17-11-7-6-9-15(17)13-18(24)22(4)5/h6-7,9,11,16H,8,10,12-14H2,1-5H3,(H,21,25)/t16-/m1/s1. The van der Waals surface area contributed by atoms with Crippen LogP contribution in [0, 0.1) is 5.41 Å². The average molecular weight is 345 g/mol. The minimum Gasteiger partial charge on any atom is -0.349 e. The zero-order valence-electron chi connectivity index (χ0n) is 16.1. The Kier molecular flexibility index (Phi) is 6.09. The zero-order valence-corrected chi connectivity index (χ0v) is 16.1. The highest BCUT2D eigenvalue weighted by molar-refractivity contribution is 5.91. The molecule has 0 spiro atoms. The van der Waals surface area contributed by atoms with Crippen molar-refractivity contribution in [1.29, 1.82) is 0 Å². The summed E-state index contributed by atoms with van der Waals surface area (Å²) in [5, 5.41) is 3.03. The van der Waals surface area contributed by atoms with Crippen LogP contribution in [0.3, 0.4) is 0 Å². The number of nitrogens with one attached hydrogen (secondary N) is 1. The molecule has 1 heterocycles. The number of carbonyl (C=O) groups excluding carboxylic acids is 2. The van der Waals surface area contributed by atoms with Crippen molar-refractivity contribution in [3.05, 3.63) is 29.8 Å². The van der Waals surface area contributed by atoms with Crippen LogP contribution in [-0.2, 0) is 11.2 Å². The predicted octanol–water partition coefficient (Wildman–Crippen LogP) is 3.75. The topological polar surface area (TPSA) is 52.7 Å². The summed E-state index contributed by atoms with van der Waals surface area (Å²) >= 11 is 0. The van der Waals surface area contributed by atoms with Crippen molar-refractivity contribution in [1.82, 2.24) is 9.80 Å². The van der Waals surface area contributed by atoms with Gasteiger partial charge in [-0.15, -0.1) is 0 Å². The molecule has 5 nitrogen and oxygen atoms in total. The maximum absolute atomic E-state index is 12.8. The molecule has 138 valence electrons. The normalized spacial score (nSPS) is 17.5. The Balaban J connectivity index is 2.09. The first-order valence-corrected chi connectivity index (χ1v) is 9.03. The van der Waals surface area contributed by atoms with Gasteiger partial charge in [0.25, 0.3) is 0 Å². The van der Waals surface area contributed by atoms with Crippen LogP contribution in [0.25, 0.3) is 0 Å². The number of likely N-dealkylation sites (N-methyl/N-ethyl adjacent to an activating group) is 1. The van der Waals surface area contributed by atoms with Gasteiger partial charge in [-0.2, -0.15) is 0 Å². The van der Waals surface area contributed by atoms with E-state index in [9.17, 15) is 9.59 Å². The number of nitrogens with zero attached hydrogens (tertiary/aromatic N) is 2. The van der Waals surface area contributed by atoms with Gasteiger partial charge in [-0.3, -0.25) is 4.79 Å². The highest BCUT2D eigenvalue weighted by Crippen LogP contribution is 2.30. The minimum absolute atomic E-state index is 0.0217. The quantitative estimate of drug-likeness (QED) is 0.903. The Morgan fingerprint density at radius 2 is 1.92 bits per heavy atom. The summed E-state index contributed by atoms with van der Waals surface area (Å²) in [5.41, 5.74) is 1.77. The van der Waals surface area contributed by atoms with Crippen LogP contribution in [0.1, 0.15) is 45.6 Å². The maximum Gasteiger partial charge on any atom is 0.322 e. The van der Waals surface area contributed by atoms with Crippen LogP contribution in [0.5, 0.6) is 0 Å². The molecule has 1 fully saturated rings. The van der Waals surface area contributed by atoms with Gasteiger partial charge < -0.3 is 15.1 Å². The van der Waals surface area contributed by atoms with Crippen LogP contribution in [-0.4, -0.2) is 48.4 Å². The van der Waals surface area contributed by atoms with Crippen LogP contribution in [0.4, 0.5) is 10.5 Å². The van der Waals surface area contributed by atoms with E-state index in [1.807, 2.05) is 29.2 Å². The van der Waals surface area contributed by atoms with Gasteiger partial charge in [0.05, 0.1) is 6.42 Å². The molecule has 0 aromatic heterocycles. The average Bonchev–Trinajstić information content (AvgIpc) is 2.95. The molecule has 2 rings (SSSR count). The number of amides is 3. The van der Waals surface area contributed by atoms with Gasteiger partial charge in [-0.1, -0.05) is 39.0 Å². The Labute approximate surface area is 151 Å². The molecular weight excluding hydrogens is 314 g/mol. The Morgan fingerprint density at radius 1 is 1.24 bits per heavy atom. The first kappa shape index (κ1) is 19.3. The zero-order chi connectivity index (χ0) is 18.6. The van der Waals surface area contributed by atoms with E-state index in [1.165, 1.54) is 0 Å². The Hall–Kier alpha value is -2.04. The third-order valence-electron chi connectivity index (χ3n) is 4.59.